The number of nitrogens with one attached hydrogen (secondary N) is 2. The van der Waals surface area contributed by atoms with Crippen LogP contribution >= 0.6 is 0 Å². The molecule has 0 bridgehead atoms. The Balaban J connectivity index is 1.75. The van der Waals surface area contributed by atoms with Gasteiger partial charge >= 0.3 is 0 Å². The number of nitrogens with two attached hydrogens (primary N) is 1. The van der Waals surface area contributed by atoms with Gasteiger partial charge in [0.1, 0.15) is 11.6 Å². The standard InChI is InChI=1S/C15H17N5/c1-17-13-9-7-12-15(19-13)20-14(18-12)8-4-10-2-5-11(16)6-3-10/h2-3,5-7,9H,4,8,16H2,1H3,(H2,17,18,19,20). The van der Waals surface area contributed by atoms with Crippen molar-refractivity contribution in [2.45, 2.75) is 12.8 Å². The molecule has 0 radical (unpaired) electrons. The van der Waals surface area contributed by atoms with Crippen LogP contribution in [-0.2, 0) is 12.8 Å². The highest BCUT2D eigenvalue weighted by Gasteiger charge is 2.05. The van der Waals surface area contributed by atoms with Gasteiger partial charge in [-0.1, -0.05) is 12.1 Å². The third-order valence-electron chi connectivity index (χ3n) is 3.28. The average molecular weight is 267 g/mol. The summed E-state index contributed by atoms with van der Waals surface area (Å²) in [6.45, 7) is 0. The zero-order chi connectivity index (χ0) is 13.9. The Hall–Kier alpha value is -2.56. The molecule has 2 aromatic heterocycles. The maximum absolute atomic E-state index is 5.68. The number of rotatable bonds is 4. The minimum Gasteiger partial charge on any atom is -0.399 e. The fourth-order valence-corrected chi connectivity index (χ4v) is 2.15. The Kier molecular flexibility index (Phi) is 3.25. The van der Waals surface area contributed by atoms with Crippen molar-refractivity contribution < 1.29 is 0 Å². The number of aromatic amines is 1. The molecule has 5 heteroatoms. The maximum Gasteiger partial charge on any atom is 0.179 e. The SMILES string of the molecule is CNc1ccc2[nH]c(CCc3ccc(N)cc3)nc2n1. The van der Waals surface area contributed by atoms with Crippen molar-refractivity contribution in [1.82, 2.24) is 15.0 Å². The van der Waals surface area contributed by atoms with Crippen LogP contribution in [0.5, 0.6) is 0 Å². The summed E-state index contributed by atoms with van der Waals surface area (Å²) in [6.07, 6.45) is 1.79. The molecule has 3 aromatic rings. The van der Waals surface area contributed by atoms with E-state index in [1.807, 2.05) is 31.3 Å². The fraction of sp³-hybridized carbons (Fsp3) is 0.200. The first-order chi connectivity index (χ1) is 9.74. The van der Waals surface area contributed by atoms with E-state index in [9.17, 15) is 0 Å². The first-order valence-electron chi connectivity index (χ1n) is 6.62. The molecule has 20 heavy (non-hydrogen) atoms. The van der Waals surface area contributed by atoms with Crippen molar-refractivity contribution in [3.8, 4) is 0 Å². The third kappa shape index (κ3) is 2.56. The van der Waals surface area contributed by atoms with E-state index in [4.69, 9.17) is 5.73 Å². The van der Waals surface area contributed by atoms with Crippen molar-refractivity contribution >= 4 is 22.7 Å². The molecule has 0 unspecified atom stereocenters. The summed E-state index contributed by atoms with van der Waals surface area (Å²) < 4.78 is 0. The largest absolute Gasteiger partial charge is 0.399 e. The molecule has 0 spiro atoms. The highest BCUT2D eigenvalue weighted by molar-refractivity contribution is 5.72. The van der Waals surface area contributed by atoms with Crippen LogP contribution in [0.4, 0.5) is 11.5 Å². The number of H-pyrrole nitrogens is 1. The molecule has 2 heterocycles. The van der Waals surface area contributed by atoms with Crippen LogP contribution in [0.25, 0.3) is 11.2 Å². The third-order valence-corrected chi connectivity index (χ3v) is 3.28. The number of nitrogens with zero attached hydrogens (tertiary/aromatic N) is 2. The van der Waals surface area contributed by atoms with Crippen LogP contribution in [0.3, 0.4) is 0 Å². The number of benzene rings is 1. The maximum atomic E-state index is 5.68. The van der Waals surface area contributed by atoms with Crippen LogP contribution in [-0.4, -0.2) is 22.0 Å². The van der Waals surface area contributed by atoms with Gasteiger partial charge in [-0.25, -0.2) is 9.97 Å². The monoisotopic (exact) mass is 267 g/mol. The number of hydrogen-bond acceptors (Lipinski definition) is 4. The lowest BCUT2D eigenvalue weighted by atomic mass is 10.1. The summed E-state index contributed by atoms with van der Waals surface area (Å²) in [5, 5.41) is 3.01. The Labute approximate surface area is 117 Å². The Morgan fingerprint density at radius 2 is 1.85 bits per heavy atom. The first kappa shape index (κ1) is 12.5. The lowest BCUT2D eigenvalue weighted by Crippen LogP contribution is -1.94. The number of nitrogen functional groups attached to an aromatic ring is 1. The second kappa shape index (κ2) is 5.21. The van der Waals surface area contributed by atoms with Gasteiger partial charge in [0.2, 0.25) is 0 Å². The molecule has 0 aliphatic heterocycles. The highest BCUT2D eigenvalue weighted by Crippen LogP contribution is 2.14. The van der Waals surface area contributed by atoms with Crippen LogP contribution < -0.4 is 11.1 Å². The van der Waals surface area contributed by atoms with E-state index in [1.54, 1.807) is 0 Å². The Morgan fingerprint density at radius 3 is 2.60 bits per heavy atom. The van der Waals surface area contributed by atoms with E-state index >= 15 is 0 Å². The second-order valence-corrected chi connectivity index (χ2v) is 4.74. The minimum atomic E-state index is 0.754. The van der Waals surface area contributed by atoms with E-state index < -0.39 is 0 Å². The van der Waals surface area contributed by atoms with Crippen LogP contribution in [0.2, 0.25) is 0 Å². The molecule has 0 saturated carbocycles. The predicted octanol–water partition coefficient (Wildman–Crippen LogP) is 2.37. The number of aryl methyl sites for hydroxylation is 2. The van der Waals surface area contributed by atoms with Gasteiger partial charge in [0.25, 0.3) is 0 Å². The Bertz CT molecular complexity index is 715. The smallest absolute Gasteiger partial charge is 0.179 e. The number of imidazole rings is 1. The molecular formula is C15H17N5. The van der Waals surface area contributed by atoms with Crippen molar-refractivity contribution in [3.63, 3.8) is 0 Å². The average Bonchev–Trinajstić information content (AvgIpc) is 2.88. The van der Waals surface area contributed by atoms with E-state index in [0.29, 0.717) is 0 Å². The summed E-state index contributed by atoms with van der Waals surface area (Å²) in [4.78, 5) is 12.2. The first-order valence-corrected chi connectivity index (χ1v) is 6.62. The normalized spacial score (nSPS) is 10.8. The van der Waals surface area contributed by atoms with Crippen molar-refractivity contribution in [3.05, 3.63) is 47.8 Å². The van der Waals surface area contributed by atoms with Gasteiger partial charge < -0.3 is 16.0 Å². The molecule has 5 nitrogen and oxygen atoms in total. The molecule has 0 aliphatic carbocycles. The summed E-state index contributed by atoms with van der Waals surface area (Å²) in [6, 6.07) is 11.9. The molecule has 3 rings (SSSR count). The quantitative estimate of drug-likeness (QED) is 0.634. The molecular weight excluding hydrogens is 250 g/mol. The molecule has 0 fully saturated rings. The zero-order valence-corrected chi connectivity index (χ0v) is 11.4. The lowest BCUT2D eigenvalue weighted by Gasteiger charge is -1.99. The van der Waals surface area contributed by atoms with E-state index in [0.717, 1.165) is 41.3 Å². The van der Waals surface area contributed by atoms with E-state index in [1.165, 1.54) is 5.56 Å². The number of pyridine rings is 1. The molecule has 0 atom stereocenters. The van der Waals surface area contributed by atoms with Gasteiger partial charge in [-0.05, 0) is 36.2 Å². The summed E-state index contributed by atoms with van der Waals surface area (Å²) in [5.41, 5.74) is 9.45. The van der Waals surface area contributed by atoms with E-state index in [2.05, 4.69) is 32.4 Å². The number of fused-ring (bicyclic) bond motifs is 1. The van der Waals surface area contributed by atoms with Crippen LogP contribution in [0, 0.1) is 0 Å². The summed E-state index contributed by atoms with van der Waals surface area (Å²) in [7, 11) is 1.85. The number of hydrogen-bond donors (Lipinski definition) is 3. The van der Waals surface area contributed by atoms with Crippen molar-refractivity contribution in [2.24, 2.45) is 0 Å². The predicted molar refractivity (Wildman–Crippen MR) is 81.7 cm³/mol. The highest BCUT2D eigenvalue weighted by atomic mass is 15.0. The molecule has 102 valence electrons. The van der Waals surface area contributed by atoms with Crippen molar-refractivity contribution in [1.29, 1.82) is 0 Å². The van der Waals surface area contributed by atoms with Gasteiger partial charge in [-0.3, -0.25) is 0 Å². The molecule has 0 amide bonds. The van der Waals surface area contributed by atoms with Crippen LogP contribution in [0.1, 0.15) is 11.4 Å². The zero-order valence-electron chi connectivity index (χ0n) is 11.4. The molecule has 4 N–H and O–H groups in total. The molecule has 0 aliphatic rings. The van der Waals surface area contributed by atoms with Crippen molar-refractivity contribution in [2.75, 3.05) is 18.1 Å². The number of aromatic nitrogens is 3. The lowest BCUT2D eigenvalue weighted by molar-refractivity contribution is 0.889. The second-order valence-electron chi connectivity index (χ2n) is 4.74. The summed E-state index contributed by atoms with van der Waals surface area (Å²) >= 11 is 0. The Morgan fingerprint density at radius 1 is 1.05 bits per heavy atom. The van der Waals surface area contributed by atoms with E-state index in [-0.39, 0.29) is 0 Å². The van der Waals surface area contributed by atoms with Gasteiger partial charge in [0.15, 0.2) is 5.65 Å². The van der Waals surface area contributed by atoms with Gasteiger partial charge in [-0.15, -0.1) is 0 Å². The van der Waals surface area contributed by atoms with Gasteiger partial charge in [0, 0.05) is 19.2 Å². The minimum absolute atomic E-state index is 0.754. The summed E-state index contributed by atoms with van der Waals surface area (Å²) in [5.74, 6) is 1.78. The van der Waals surface area contributed by atoms with Gasteiger partial charge in [0.05, 0.1) is 5.52 Å². The molecule has 0 saturated heterocycles. The molecule has 1 aromatic carbocycles. The van der Waals surface area contributed by atoms with Crippen LogP contribution in [0.15, 0.2) is 36.4 Å². The fourth-order valence-electron chi connectivity index (χ4n) is 2.15. The number of anilines is 2. The topological polar surface area (TPSA) is 79.6 Å². The van der Waals surface area contributed by atoms with Gasteiger partial charge in [-0.2, -0.15) is 0 Å².